The zero-order valence-corrected chi connectivity index (χ0v) is 16.5. The quantitative estimate of drug-likeness (QED) is 0.706. The molecule has 3 heterocycles. The average molecular weight is 434 g/mol. The van der Waals surface area contributed by atoms with E-state index in [1.165, 1.54) is 12.3 Å². The number of pyridine rings is 1. The summed E-state index contributed by atoms with van der Waals surface area (Å²) in [4.78, 5) is 18.4. The Kier molecular flexibility index (Phi) is 6.13. The molecule has 2 aliphatic rings. The molecule has 0 saturated carbocycles. The number of carbonyl (C=O) groups excluding carboxylic acids is 1. The molecular weight excluding hydrogens is 413 g/mol. The minimum absolute atomic E-state index is 0.0906. The Hall–Kier alpha value is -3.07. The number of nitrogens with zero attached hydrogens (tertiary/aromatic N) is 2. The van der Waals surface area contributed by atoms with Gasteiger partial charge in [-0.2, -0.15) is 13.2 Å². The van der Waals surface area contributed by atoms with Crippen molar-refractivity contribution in [3.05, 3.63) is 65.9 Å². The van der Waals surface area contributed by atoms with Gasteiger partial charge in [0.2, 0.25) is 5.88 Å². The third kappa shape index (κ3) is 5.35. The molecule has 4 rings (SSSR count). The molecular formula is C22H21F3N2O4. The van der Waals surface area contributed by atoms with Gasteiger partial charge in [0.1, 0.15) is 6.61 Å². The molecule has 164 valence electrons. The van der Waals surface area contributed by atoms with Crippen LogP contribution in [0.5, 0.6) is 5.88 Å². The van der Waals surface area contributed by atoms with E-state index < -0.39 is 18.9 Å². The lowest BCUT2D eigenvalue weighted by molar-refractivity contribution is -0.154. The van der Waals surface area contributed by atoms with Crippen LogP contribution in [0.1, 0.15) is 17.5 Å². The first kappa shape index (κ1) is 21.2. The normalized spacial score (nSPS) is 20.7. The number of ether oxygens (including phenoxy) is 3. The molecule has 6 nitrogen and oxygen atoms in total. The van der Waals surface area contributed by atoms with Gasteiger partial charge in [0, 0.05) is 12.3 Å². The van der Waals surface area contributed by atoms with Gasteiger partial charge in [-0.25, -0.2) is 9.78 Å². The Bertz CT molecular complexity index is 932. The number of fused-ring (bicyclic) bond motifs is 2. The maximum atomic E-state index is 12.7. The Morgan fingerprint density at radius 1 is 1.16 bits per heavy atom. The van der Waals surface area contributed by atoms with Gasteiger partial charge in [0.05, 0.1) is 25.3 Å². The molecule has 1 aromatic heterocycles. The fourth-order valence-corrected chi connectivity index (χ4v) is 3.70. The lowest BCUT2D eigenvalue weighted by atomic mass is 9.91. The Morgan fingerprint density at radius 3 is 2.65 bits per heavy atom. The van der Waals surface area contributed by atoms with Crippen molar-refractivity contribution in [2.45, 2.75) is 31.3 Å². The first-order valence-corrected chi connectivity index (χ1v) is 9.82. The molecule has 31 heavy (non-hydrogen) atoms. The van der Waals surface area contributed by atoms with Crippen LogP contribution in [0.15, 0.2) is 54.7 Å². The number of hydrogen-bond donors (Lipinski definition) is 0. The number of halogens is 3. The molecule has 0 N–H and O–H groups in total. The highest BCUT2D eigenvalue weighted by Gasteiger charge is 2.39. The SMILES string of the molecule is O=C(OCc1ccccc1)N1C2C=C(c3ccc(OCC(F)(F)F)nc3)CC1COC2. The van der Waals surface area contributed by atoms with Gasteiger partial charge in [-0.3, -0.25) is 4.90 Å². The summed E-state index contributed by atoms with van der Waals surface area (Å²) in [7, 11) is 0. The van der Waals surface area contributed by atoms with E-state index in [0.29, 0.717) is 19.6 Å². The van der Waals surface area contributed by atoms with Crippen molar-refractivity contribution in [2.24, 2.45) is 0 Å². The van der Waals surface area contributed by atoms with Gasteiger partial charge in [0.15, 0.2) is 6.61 Å². The zero-order valence-electron chi connectivity index (χ0n) is 16.5. The van der Waals surface area contributed by atoms with Crippen LogP contribution in [0.4, 0.5) is 18.0 Å². The number of benzene rings is 1. The lowest BCUT2D eigenvalue weighted by Gasteiger charge is -2.43. The number of morpholine rings is 1. The van der Waals surface area contributed by atoms with E-state index in [1.54, 1.807) is 11.0 Å². The van der Waals surface area contributed by atoms with E-state index in [-0.39, 0.29) is 24.6 Å². The summed E-state index contributed by atoms with van der Waals surface area (Å²) in [5.74, 6) is -0.0906. The van der Waals surface area contributed by atoms with Crippen molar-refractivity contribution in [3.63, 3.8) is 0 Å². The van der Waals surface area contributed by atoms with Crippen molar-refractivity contribution >= 4 is 11.7 Å². The zero-order chi connectivity index (χ0) is 21.8. The summed E-state index contributed by atoms with van der Waals surface area (Å²) in [6.45, 7) is -0.463. The molecule has 2 bridgehead atoms. The summed E-state index contributed by atoms with van der Waals surface area (Å²) in [5.41, 5.74) is 2.64. The molecule has 1 saturated heterocycles. The third-order valence-corrected chi connectivity index (χ3v) is 5.11. The molecule has 0 spiro atoms. The summed E-state index contributed by atoms with van der Waals surface area (Å²) in [6.07, 6.45) is -0.875. The van der Waals surface area contributed by atoms with Gasteiger partial charge < -0.3 is 14.2 Å². The van der Waals surface area contributed by atoms with Crippen LogP contribution < -0.4 is 4.74 Å². The second-order valence-electron chi connectivity index (χ2n) is 7.39. The number of rotatable bonds is 5. The minimum atomic E-state index is -4.41. The van der Waals surface area contributed by atoms with E-state index >= 15 is 0 Å². The maximum Gasteiger partial charge on any atom is 0.422 e. The molecule has 9 heteroatoms. The van der Waals surface area contributed by atoms with E-state index in [4.69, 9.17) is 9.47 Å². The largest absolute Gasteiger partial charge is 0.468 e. The van der Waals surface area contributed by atoms with Crippen LogP contribution in [0.3, 0.4) is 0 Å². The number of aromatic nitrogens is 1. The molecule has 2 atom stereocenters. The van der Waals surface area contributed by atoms with Crippen molar-refractivity contribution in [1.82, 2.24) is 9.88 Å². The molecule has 0 radical (unpaired) electrons. The van der Waals surface area contributed by atoms with Gasteiger partial charge in [0.25, 0.3) is 0 Å². The van der Waals surface area contributed by atoms with Crippen molar-refractivity contribution in [1.29, 1.82) is 0 Å². The van der Waals surface area contributed by atoms with Crippen LogP contribution in [0.25, 0.3) is 5.57 Å². The van der Waals surface area contributed by atoms with E-state index in [1.807, 2.05) is 36.4 Å². The van der Waals surface area contributed by atoms with E-state index in [2.05, 4.69) is 9.72 Å². The van der Waals surface area contributed by atoms with Gasteiger partial charge in [-0.15, -0.1) is 0 Å². The van der Waals surface area contributed by atoms with E-state index in [0.717, 1.165) is 16.7 Å². The summed E-state index contributed by atoms with van der Waals surface area (Å²) < 4.78 is 52.6. The number of alkyl halides is 3. The molecule has 2 aliphatic heterocycles. The van der Waals surface area contributed by atoms with Gasteiger partial charge in [-0.05, 0) is 29.2 Å². The summed E-state index contributed by atoms with van der Waals surface area (Å²) >= 11 is 0. The monoisotopic (exact) mass is 434 g/mol. The van der Waals surface area contributed by atoms with Crippen LogP contribution in [0.2, 0.25) is 0 Å². The lowest BCUT2D eigenvalue weighted by Crippen LogP contribution is -2.56. The summed E-state index contributed by atoms with van der Waals surface area (Å²) in [6, 6.07) is 12.0. The van der Waals surface area contributed by atoms with Crippen LogP contribution in [0, 0.1) is 0 Å². The second-order valence-corrected chi connectivity index (χ2v) is 7.39. The Balaban J connectivity index is 1.42. The number of carbonyl (C=O) groups is 1. The topological polar surface area (TPSA) is 60.9 Å². The first-order valence-electron chi connectivity index (χ1n) is 9.82. The number of amides is 1. The smallest absolute Gasteiger partial charge is 0.422 e. The van der Waals surface area contributed by atoms with Gasteiger partial charge >= 0.3 is 12.3 Å². The van der Waals surface area contributed by atoms with Crippen molar-refractivity contribution in [2.75, 3.05) is 19.8 Å². The van der Waals surface area contributed by atoms with Crippen LogP contribution in [-0.4, -0.2) is 54.1 Å². The van der Waals surface area contributed by atoms with E-state index in [9.17, 15) is 18.0 Å². The highest BCUT2D eigenvalue weighted by molar-refractivity contribution is 5.74. The average Bonchev–Trinajstić information content (AvgIpc) is 2.76. The Morgan fingerprint density at radius 2 is 1.97 bits per heavy atom. The molecule has 2 aromatic rings. The van der Waals surface area contributed by atoms with Crippen LogP contribution in [-0.2, 0) is 16.1 Å². The standard InChI is InChI=1S/C22H21F3N2O4/c23-22(24,25)14-31-20-7-6-16(10-26-20)17-8-18-12-29-13-19(9-17)27(18)21(28)30-11-15-4-2-1-3-5-15/h1-8,10,18-19H,9,11-14H2. The van der Waals surface area contributed by atoms with Crippen molar-refractivity contribution in [3.8, 4) is 5.88 Å². The predicted octanol–water partition coefficient (Wildman–Crippen LogP) is 4.22. The second kappa shape index (κ2) is 8.97. The van der Waals surface area contributed by atoms with Crippen LogP contribution >= 0.6 is 0 Å². The maximum absolute atomic E-state index is 12.7. The Labute approximate surface area is 177 Å². The number of hydrogen-bond acceptors (Lipinski definition) is 5. The molecule has 1 fully saturated rings. The fraction of sp³-hybridized carbons (Fsp3) is 0.364. The minimum Gasteiger partial charge on any atom is -0.468 e. The molecule has 0 aliphatic carbocycles. The summed E-state index contributed by atoms with van der Waals surface area (Å²) in [5, 5.41) is 0. The fourth-order valence-electron chi connectivity index (χ4n) is 3.70. The van der Waals surface area contributed by atoms with Gasteiger partial charge in [-0.1, -0.05) is 36.4 Å². The highest BCUT2D eigenvalue weighted by atomic mass is 19.4. The highest BCUT2D eigenvalue weighted by Crippen LogP contribution is 2.33. The predicted molar refractivity (Wildman–Crippen MR) is 105 cm³/mol. The first-order chi connectivity index (χ1) is 14.9. The molecule has 2 unspecified atom stereocenters. The van der Waals surface area contributed by atoms with Crippen molar-refractivity contribution < 1.29 is 32.2 Å². The third-order valence-electron chi connectivity index (χ3n) is 5.11. The molecule has 1 amide bonds. The molecule has 1 aromatic carbocycles.